The first kappa shape index (κ1) is 15.0. The Hall–Kier alpha value is -2.44. The number of benzene rings is 1. The summed E-state index contributed by atoms with van der Waals surface area (Å²) in [5, 5.41) is 9.19. The molecule has 1 heterocycles. The third-order valence-corrected chi connectivity index (χ3v) is 3.08. The molecule has 4 N–H and O–H groups in total. The number of pyridine rings is 1. The highest BCUT2D eigenvalue weighted by Gasteiger charge is 2.18. The third kappa shape index (κ3) is 3.77. The minimum Gasteiger partial charge on any atom is -0.395 e. The highest BCUT2D eigenvalue weighted by atomic mass is 16.3. The van der Waals surface area contributed by atoms with Crippen LogP contribution < -0.4 is 11.3 Å². The number of hydrazine groups is 1. The Morgan fingerprint density at radius 1 is 1.29 bits per heavy atom. The maximum atomic E-state index is 12.6. The zero-order chi connectivity index (χ0) is 15.1. The van der Waals surface area contributed by atoms with E-state index in [1.165, 1.54) is 6.20 Å². The first-order chi connectivity index (χ1) is 10.3. The number of hydrogen-bond donors (Lipinski definition) is 3. The van der Waals surface area contributed by atoms with Gasteiger partial charge in [-0.05, 0) is 11.6 Å². The normalized spacial score (nSPS) is 10.2. The Morgan fingerprint density at radius 2 is 2.05 bits per heavy atom. The van der Waals surface area contributed by atoms with Gasteiger partial charge in [0.2, 0.25) is 0 Å². The molecule has 1 aromatic carbocycles. The van der Waals surface area contributed by atoms with Crippen molar-refractivity contribution >= 4 is 11.6 Å². The topological polar surface area (TPSA) is 91.5 Å². The van der Waals surface area contributed by atoms with Crippen LogP contribution in [0, 0.1) is 0 Å². The number of carbonyl (C=O) groups is 1. The van der Waals surface area contributed by atoms with Gasteiger partial charge in [0, 0.05) is 25.5 Å². The molecular weight excluding hydrogens is 268 g/mol. The first-order valence-corrected chi connectivity index (χ1v) is 6.61. The summed E-state index contributed by atoms with van der Waals surface area (Å²) in [6, 6.07) is 11.2. The number of nitrogens with zero attached hydrogens (tertiary/aromatic N) is 2. The summed E-state index contributed by atoms with van der Waals surface area (Å²) >= 11 is 0. The summed E-state index contributed by atoms with van der Waals surface area (Å²) in [5.74, 6) is 5.19. The highest BCUT2D eigenvalue weighted by Crippen LogP contribution is 2.16. The van der Waals surface area contributed by atoms with Gasteiger partial charge in [-0.15, -0.1) is 0 Å². The molecule has 21 heavy (non-hydrogen) atoms. The van der Waals surface area contributed by atoms with E-state index in [9.17, 15) is 9.90 Å². The number of nitrogens with one attached hydrogen (secondary N) is 1. The van der Waals surface area contributed by atoms with Crippen molar-refractivity contribution in [2.24, 2.45) is 5.84 Å². The predicted molar refractivity (Wildman–Crippen MR) is 80.3 cm³/mol. The molecule has 1 aromatic heterocycles. The fourth-order valence-corrected chi connectivity index (χ4v) is 2.04. The van der Waals surface area contributed by atoms with Crippen molar-refractivity contribution < 1.29 is 9.90 Å². The number of rotatable bonds is 6. The summed E-state index contributed by atoms with van der Waals surface area (Å²) in [4.78, 5) is 18.1. The van der Waals surface area contributed by atoms with Crippen LogP contribution >= 0.6 is 0 Å². The van der Waals surface area contributed by atoms with E-state index in [4.69, 9.17) is 5.84 Å². The van der Waals surface area contributed by atoms with Gasteiger partial charge in [-0.1, -0.05) is 30.3 Å². The van der Waals surface area contributed by atoms with Crippen LogP contribution in [0.3, 0.4) is 0 Å². The summed E-state index contributed by atoms with van der Waals surface area (Å²) in [6.45, 7) is 0.552. The van der Waals surface area contributed by atoms with Crippen molar-refractivity contribution in [3.8, 4) is 0 Å². The minimum atomic E-state index is -0.228. The van der Waals surface area contributed by atoms with Crippen LogP contribution in [0.15, 0.2) is 48.8 Å². The molecule has 0 fully saturated rings. The van der Waals surface area contributed by atoms with E-state index < -0.39 is 0 Å². The Morgan fingerprint density at radius 3 is 2.71 bits per heavy atom. The van der Waals surface area contributed by atoms with Gasteiger partial charge in [-0.3, -0.25) is 15.6 Å². The fourth-order valence-electron chi connectivity index (χ4n) is 2.04. The minimum absolute atomic E-state index is 0.107. The van der Waals surface area contributed by atoms with Gasteiger partial charge in [-0.25, -0.2) is 0 Å². The van der Waals surface area contributed by atoms with Crippen molar-refractivity contribution in [2.45, 2.75) is 6.54 Å². The number of anilines is 1. The molecule has 0 aliphatic heterocycles. The van der Waals surface area contributed by atoms with Crippen molar-refractivity contribution in [1.82, 2.24) is 9.88 Å². The van der Waals surface area contributed by atoms with Gasteiger partial charge in [0.1, 0.15) is 0 Å². The quantitative estimate of drug-likeness (QED) is 0.544. The molecule has 1 amide bonds. The van der Waals surface area contributed by atoms with Crippen LogP contribution in [0.4, 0.5) is 5.69 Å². The zero-order valence-corrected chi connectivity index (χ0v) is 11.6. The van der Waals surface area contributed by atoms with Gasteiger partial charge < -0.3 is 15.4 Å². The monoisotopic (exact) mass is 286 g/mol. The second-order valence-electron chi connectivity index (χ2n) is 4.50. The molecule has 0 saturated heterocycles. The molecule has 2 aromatic rings. The summed E-state index contributed by atoms with van der Waals surface area (Å²) in [7, 11) is 0. The van der Waals surface area contributed by atoms with Crippen LogP contribution in [-0.2, 0) is 6.54 Å². The third-order valence-electron chi connectivity index (χ3n) is 3.08. The van der Waals surface area contributed by atoms with Crippen molar-refractivity contribution in [1.29, 1.82) is 0 Å². The van der Waals surface area contributed by atoms with Gasteiger partial charge >= 0.3 is 0 Å². The summed E-state index contributed by atoms with van der Waals surface area (Å²) in [5.41, 5.74) is 4.36. The molecule has 110 valence electrons. The number of amides is 1. The molecule has 0 aliphatic carbocycles. The van der Waals surface area contributed by atoms with E-state index in [0.717, 1.165) is 5.56 Å². The maximum absolute atomic E-state index is 12.6. The number of nitrogen functional groups attached to an aromatic ring is 1. The molecule has 0 spiro atoms. The van der Waals surface area contributed by atoms with Crippen LogP contribution in [0.1, 0.15) is 15.9 Å². The zero-order valence-electron chi connectivity index (χ0n) is 11.6. The number of nitrogens with two attached hydrogens (primary N) is 1. The van der Waals surface area contributed by atoms with Crippen LogP contribution in [-0.4, -0.2) is 34.0 Å². The Bertz CT molecular complexity index is 589. The van der Waals surface area contributed by atoms with Crippen molar-refractivity contribution in [3.63, 3.8) is 0 Å². The molecule has 2 rings (SSSR count). The predicted octanol–water partition coefficient (Wildman–Crippen LogP) is 1.00. The van der Waals surface area contributed by atoms with E-state index >= 15 is 0 Å². The van der Waals surface area contributed by atoms with E-state index in [1.807, 2.05) is 30.3 Å². The highest BCUT2D eigenvalue weighted by molar-refractivity contribution is 5.99. The van der Waals surface area contributed by atoms with Crippen LogP contribution in [0.2, 0.25) is 0 Å². The number of carbonyl (C=O) groups excluding carboxylic acids is 1. The standard InChI is InChI=1S/C15H18N4O2/c16-18-14-6-7-17-10-13(14)15(21)19(8-9-20)11-12-4-2-1-3-5-12/h1-7,10,20H,8-9,11,16H2,(H,17,18). The molecule has 0 atom stereocenters. The maximum Gasteiger partial charge on any atom is 0.257 e. The molecule has 0 aliphatic rings. The van der Waals surface area contributed by atoms with Gasteiger partial charge in [-0.2, -0.15) is 0 Å². The van der Waals surface area contributed by atoms with E-state index in [1.54, 1.807) is 17.2 Å². The van der Waals surface area contributed by atoms with Gasteiger partial charge in [0.15, 0.2) is 0 Å². The Labute approximate surface area is 123 Å². The second kappa shape index (κ2) is 7.37. The van der Waals surface area contributed by atoms with Gasteiger partial charge in [0.05, 0.1) is 17.9 Å². The lowest BCUT2D eigenvalue weighted by molar-refractivity contribution is 0.0708. The van der Waals surface area contributed by atoms with Gasteiger partial charge in [0.25, 0.3) is 5.91 Å². The SMILES string of the molecule is NNc1ccncc1C(=O)N(CCO)Cc1ccccc1. The molecule has 0 radical (unpaired) electrons. The second-order valence-corrected chi connectivity index (χ2v) is 4.50. The molecule has 0 bridgehead atoms. The lowest BCUT2D eigenvalue weighted by Crippen LogP contribution is -2.34. The molecular formula is C15H18N4O2. The average Bonchev–Trinajstić information content (AvgIpc) is 2.54. The van der Waals surface area contributed by atoms with E-state index in [2.05, 4.69) is 10.4 Å². The number of hydrogen-bond acceptors (Lipinski definition) is 5. The average molecular weight is 286 g/mol. The van der Waals surface area contributed by atoms with Crippen LogP contribution in [0.25, 0.3) is 0 Å². The number of aliphatic hydroxyl groups excluding tert-OH is 1. The summed E-state index contributed by atoms with van der Waals surface area (Å²) < 4.78 is 0. The van der Waals surface area contributed by atoms with E-state index in [-0.39, 0.29) is 19.1 Å². The molecule has 6 nitrogen and oxygen atoms in total. The lowest BCUT2D eigenvalue weighted by atomic mass is 10.1. The first-order valence-electron chi connectivity index (χ1n) is 6.61. The molecule has 0 saturated carbocycles. The van der Waals surface area contributed by atoms with E-state index in [0.29, 0.717) is 17.8 Å². The Kier molecular flexibility index (Phi) is 5.25. The molecule has 6 heteroatoms. The fraction of sp³-hybridized carbons (Fsp3) is 0.200. The lowest BCUT2D eigenvalue weighted by Gasteiger charge is -2.23. The number of aliphatic hydroxyl groups is 1. The smallest absolute Gasteiger partial charge is 0.257 e. The van der Waals surface area contributed by atoms with Crippen molar-refractivity contribution in [3.05, 3.63) is 59.9 Å². The van der Waals surface area contributed by atoms with Crippen molar-refractivity contribution in [2.75, 3.05) is 18.6 Å². The number of aromatic nitrogens is 1. The van der Waals surface area contributed by atoms with Crippen LogP contribution in [0.5, 0.6) is 0 Å². The summed E-state index contributed by atoms with van der Waals surface area (Å²) in [6.07, 6.45) is 3.02. The Balaban J connectivity index is 2.23. The molecule has 0 unspecified atom stereocenters. The largest absolute Gasteiger partial charge is 0.395 e.